The summed E-state index contributed by atoms with van der Waals surface area (Å²) < 4.78 is 5.89. The van der Waals surface area contributed by atoms with E-state index in [1.165, 1.54) is 11.1 Å². The molecule has 0 unspecified atom stereocenters. The van der Waals surface area contributed by atoms with Crippen molar-refractivity contribution in [1.29, 1.82) is 0 Å². The van der Waals surface area contributed by atoms with Crippen LogP contribution in [0.1, 0.15) is 23.7 Å². The molecule has 1 aromatic heterocycles. The van der Waals surface area contributed by atoms with Gasteiger partial charge >= 0.3 is 0 Å². The van der Waals surface area contributed by atoms with E-state index in [0.29, 0.717) is 6.61 Å². The Morgan fingerprint density at radius 3 is 2.65 bits per heavy atom. The second kappa shape index (κ2) is 7.65. The third kappa shape index (κ3) is 4.07. The first-order valence-electron chi connectivity index (χ1n) is 7.13. The van der Waals surface area contributed by atoms with Crippen LogP contribution in [0.25, 0.3) is 0 Å². The number of likely N-dealkylation sites (N-methyl/N-ethyl adjacent to an activating group) is 1. The topological polar surface area (TPSA) is 34.1 Å². The Morgan fingerprint density at radius 2 is 1.90 bits per heavy atom. The first kappa shape index (κ1) is 14.5. The lowest BCUT2D eigenvalue weighted by Gasteiger charge is -2.12. The SMILES string of the molecule is CCNCCc1ccccc1COc1cccnc1C. The van der Waals surface area contributed by atoms with Gasteiger partial charge in [-0.1, -0.05) is 31.2 Å². The fraction of sp³-hybridized carbons (Fsp3) is 0.353. The smallest absolute Gasteiger partial charge is 0.141 e. The number of benzene rings is 1. The van der Waals surface area contributed by atoms with Crippen LogP contribution < -0.4 is 10.1 Å². The highest BCUT2D eigenvalue weighted by molar-refractivity contribution is 5.29. The number of nitrogens with one attached hydrogen (secondary N) is 1. The van der Waals surface area contributed by atoms with Crippen LogP contribution in [0.2, 0.25) is 0 Å². The molecule has 2 rings (SSSR count). The summed E-state index contributed by atoms with van der Waals surface area (Å²) in [6, 6.07) is 12.3. The fourth-order valence-electron chi connectivity index (χ4n) is 2.12. The Hall–Kier alpha value is -1.87. The summed E-state index contributed by atoms with van der Waals surface area (Å²) in [4.78, 5) is 4.24. The van der Waals surface area contributed by atoms with E-state index >= 15 is 0 Å². The maximum atomic E-state index is 5.89. The van der Waals surface area contributed by atoms with E-state index in [-0.39, 0.29) is 0 Å². The van der Waals surface area contributed by atoms with Gasteiger partial charge in [0.15, 0.2) is 0 Å². The van der Waals surface area contributed by atoms with E-state index in [1.54, 1.807) is 6.20 Å². The van der Waals surface area contributed by atoms with Crippen molar-refractivity contribution in [2.75, 3.05) is 13.1 Å². The molecule has 0 amide bonds. The monoisotopic (exact) mass is 270 g/mol. The minimum Gasteiger partial charge on any atom is -0.487 e. The third-order valence-electron chi connectivity index (χ3n) is 3.28. The molecule has 20 heavy (non-hydrogen) atoms. The molecule has 0 fully saturated rings. The van der Waals surface area contributed by atoms with Crippen molar-refractivity contribution in [3.63, 3.8) is 0 Å². The molecule has 3 heteroatoms. The molecule has 0 bridgehead atoms. The van der Waals surface area contributed by atoms with Crippen molar-refractivity contribution in [1.82, 2.24) is 10.3 Å². The summed E-state index contributed by atoms with van der Waals surface area (Å²) in [6.45, 7) is 6.69. The Morgan fingerprint density at radius 1 is 1.10 bits per heavy atom. The van der Waals surface area contributed by atoms with Crippen molar-refractivity contribution >= 4 is 0 Å². The standard InChI is InChI=1S/C17H22N2O/c1-3-18-12-10-15-7-4-5-8-16(15)13-20-17-9-6-11-19-14(17)2/h4-9,11,18H,3,10,12-13H2,1-2H3. The van der Waals surface area contributed by atoms with Gasteiger partial charge in [-0.15, -0.1) is 0 Å². The van der Waals surface area contributed by atoms with Crippen LogP contribution >= 0.6 is 0 Å². The van der Waals surface area contributed by atoms with Gasteiger partial charge in [0.05, 0.1) is 5.69 Å². The van der Waals surface area contributed by atoms with Gasteiger partial charge in [0.25, 0.3) is 0 Å². The number of rotatable bonds is 7. The van der Waals surface area contributed by atoms with Gasteiger partial charge in [0, 0.05) is 6.20 Å². The van der Waals surface area contributed by atoms with Crippen molar-refractivity contribution in [2.24, 2.45) is 0 Å². The van der Waals surface area contributed by atoms with Gasteiger partial charge < -0.3 is 10.1 Å². The maximum Gasteiger partial charge on any atom is 0.141 e. The van der Waals surface area contributed by atoms with Crippen molar-refractivity contribution in [2.45, 2.75) is 26.9 Å². The highest BCUT2D eigenvalue weighted by Gasteiger charge is 2.04. The molecule has 0 aliphatic carbocycles. The van der Waals surface area contributed by atoms with Crippen LogP contribution in [0, 0.1) is 6.92 Å². The Bertz CT molecular complexity index is 540. The summed E-state index contributed by atoms with van der Waals surface area (Å²) in [6.07, 6.45) is 2.81. The second-order valence-electron chi connectivity index (χ2n) is 4.75. The summed E-state index contributed by atoms with van der Waals surface area (Å²) in [5.41, 5.74) is 3.52. The summed E-state index contributed by atoms with van der Waals surface area (Å²) >= 11 is 0. The molecule has 106 valence electrons. The summed E-state index contributed by atoms with van der Waals surface area (Å²) in [5.74, 6) is 0.856. The molecule has 1 aromatic carbocycles. The van der Waals surface area contributed by atoms with Gasteiger partial charge in [-0.05, 0) is 49.7 Å². The molecule has 0 saturated heterocycles. The first-order chi connectivity index (χ1) is 9.81. The van der Waals surface area contributed by atoms with Crippen LogP contribution in [0.4, 0.5) is 0 Å². The zero-order valence-corrected chi connectivity index (χ0v) is 12.2. The lowest BCUT2D eigenvalue weighted by Crippen LogP contribution is -2.17. The number of aryl methyl sites for hydroxylation is 1. The number of hydrogen-bond donors (Lipinski definition) is 1. The largest absolute Gasteiger partial charge is 0.487 e. The number of ether oxygens (including phenoxy) is 1. The molecule has 0 aliphatic heterocycles. The van der Waals surface area contributed by atoms with Crippen molar-refractivity contribution in [3.05, 3.63) is 59.4 Å². The van der Waals surface area contributed by atoms with Gasteiger partial charge in [-0.25, -0.2) is 0 Å². The van der Waals surface area contributed by atoms with Crippen LogP contribution in [0.3, 0.4) is 0 Å². The normalized spacial score (nSPS) is 10.5. The molecule has 0 aliphatic rings. The predicted molar refractivity (Wildman–Crippen MR) is 82.0 cm³/mol. The average Bonchev–Trinajstić information content (AvgIpc) is 2.48. The van der Waals surface area contributed by atoms with Crippen LogP contribution in [-0.2, 0) is 13.0 Å². The number of nitrogens with zero attached hydrogens (tertiary/aromatic N) is 1. The summed E-state index contributed by atoms with van der Waals surface area (Å²) in [5, 5.41) is 3.36. The Kier molecular flexibility index (Phi) is 5.56. The fourth-order valence-corrected chi connectivity index (χ4v) is 2.12. The maximum absolute atomic E-state index is 5.89. The van der Waals surface area contributed by atoms with Gasteiger partial charge in [0.1, 0.15) is 12.4 Å². The van der Waals surface area contributed by atoms with E-state index in [1.807, 2.05) is 19.1 Å². The highest BCUT2D eigenvalue weighted by Crippen LogP contribution is 2.17. The molecule has 0 radical (unpaired) electrons. The molecule has 3 nitrogen and oxygen atoms in total. The van der Waals surface area contributed by atoms with E-state index in [9.17, 15) is 0 Å². The number of pyridine rings is 1. The van der Waals surface area contributed by atoms with E-state index < -0.39 is 0 Å². The van der Waals surface area contributed by atoms with Gasteiger partial charge in [-0.2, -0.15) is 0 Å². The van der Waals surface area contributed by atoms with Gasteiger partial charge in [0.2, 0.25) is 0 Å². The summed E-state index contributed by atoms with van der Waals surface area (Å²) in [7, 11) is 0. The molecule has 0 atom stereocenters. The van der Waals surface area contributed by atoms with E-state index in [0.717, 1.165) is 31.0 Å². The van der Waals surface area contributed by atoms with Crippen LogP contribution in [-0.4, -0.2) is 18.1 Å². The predicted octanol–water partition coefficient (Wildman–Crippen LogP) is 3.12. The minimum atomic E-state index is 0.592. The molecule has 0 saturated carbocycles. The molecular weight excluding hydrogens is 248 g/mol. The zero-order chi connectivity index (χ0) is 14.2. The van der Waals surface area contributed by atoms with E-state index in [2.05, 4.69) is 41.5 Å². The molecule has 1 N–H and O–H groups in total. The number of aromatic nitrogens is 1. The Labute approximate surface area is 121 Å². The molecular formula is C17H22N2O. The molecule has 1 heterocycles. The minimum absolute atomic E-state index is 0.592. The first-order valence-corrected chi connectivity index (χ1v) is 7.13. The van der Waals surface area contributed by atoms with Crippen molar-refractivity contribution in [3.8, 4) is 5.75 Å². The Balaban J connectivity index is 2.00. The van der Waals surface area contributed by atoms with E-state index in [4.69, 9.17) is 4.74 Å². The quantitative estimate of drug-likeness (QED) is 0.785. The lowest BCUT2D eigenvalue weighted by molar-refractivity contribution is 0.301. The third-order valence-corrected chi connectivity index (χ3v) is 3.28. The van der Waals surface area contributed by atoms with Gasteiger partial charge in [-0.3, -0.25) is 4.98 Å². The molecule has 0 spiro atoms. The highest BCUT2D eigenvalue weighted by atomic mass is 16.5. The zero-order valence-electron chi connectivity index (χ0n) is 12.2. The second-order valence-corrected chi connectivity index (χ2v) is 4.75. The van der Waals surface area contributed by atoms with Crippen LogP contribution in [0.5, 0.6) is 5.75 Å². The van der Waals surface area contributed by atoms with Crippen molar-refractivity contribution < 1.29 is 4.74 Å². The lowest BCUT2D eigenvalue weighted by atomic mass is 10.1. The number of hydrogen-bond acceptors (Lipinski definition) is 3. The van der Waals surface area contributed by atoms with Crippen LogP contribution in [0.15, 0.2) is 42.6 Å². The molecule has 2 aromatic rings. The average molecular weight is 270 g/mol.